The van der Waals surface area contributed by atoms with E-state index in [4.69, 9.17) is 10.5 Å². The van der Waals surface area contributed by atoms with Gasteiger partial charge in [-0.3, -0.25) is 4.79 Å². The smallest absolute Gasteiger partial charge is 0.258 e. The van der Waals surface area contributed by atoms with Crippen LogP contribution in [0.15, 0.2) is 34.8 Å². The summed E-state index contributed by atoms with van der Waals surface area (Å²) in [6.45, 7) is 1.56. The van der Waals surface area contributed by atoms with E-state index in [9.17, 15) is 9.18 Å². The van der Waals surface area contributed by atoms with E-state index in [1.807, 2.05) is 0 Å². The maximum atomic E-state index is 14.0. The number of methoxy groups -OCH3 is 1. The van der Waals surface area contributed by atoms with Gasteiger partial charge < -0.3 is 15.8 Å². The molecular weight excluding hydrogens is 339 g/mol. The number of nitrogens with one attached hydrogen (secondary N) is 1. The minimum Gasteiger partial charge on any atom is -0.497 e. The van der Waals surface area contributed by atoms with Crippen LogP contribution in [-0.2, 0) is 0 Å². The lowest BCUT2D eigenvalue weighted by Gasteiger charge is -2.11. The molecule has 21 heavy (non-hydrogen) atoms. The van der Waals surface area contributed by atoms with Crippen molar-refractivity contribution in [2.24, 2.45) is 0 Å². The topological polar surface area (TPSA) is 64.3 Å². The molecule has 2 rings (SSSR count). The van der Waals surface area contributed by atoms with Crippen molar-refractivity contribution in [2.75, 3.05) is 18.2 Å². The second-order valence-electron chi connectivity index (χ2n) is 4.50. The van der Waals surface area contributed by atoms with Gasteiger partial charge in [0.2, 0.25) is 0 Å². The van der Waals surface area contributed by atoms with Gasteiger partial charge in [-0.25, -0.2) is 4.39 Å². The summed E-state index contributed by atoms with van der Waals surface area (Å²) in [6.07, 6.45) is 0. The Morgan fingerprint density at radius 3 is 2.71 bits per heavy atom. The van der Waals surface area contributed by atoms with E-state index >= 15 is 0 Å². The van der Waals surface area contributed by atoms with Crippen LogP contribution >= 0.6 is 15.9 Å². The highest BCUT2D eigenvalue weighted by atomic mass is 79.9. The third-order valence-electron chi connectivity index (χ3n) is 2.94. The molecule has 0 unspecified atom stereocenters. The fourth-order valence-electron chi connectivity index (χ4n) is 1.88. The predicted octanol–water partition coefficient (Wildman–Crippen LogP) is 3.74. The van der Waals surface area contributed by atoms with Gasteiger partial charge in [0.25, 0.3) is 5.91 Å². The quantitative estimate of drug-likeness (QED) is 0.827. The van der Waals surface area contributed by atoms with Gasteiger partial charge in [-0.05, 0) is 52.7 Å². The highest BCUT2D eigenvalue weighted by Crippen LogP contribution is 2.28. The molecule has 0 aliphatic rings. The molecule has 0 saturated heterocycles. The van der Waals surface area contributed by atoms with Crippen LogP contribution in [0.1, 0.15) is 15.9 Å². The van der Waals surface area contributed by atoms with Crippen molar-refractivity contribution in [1.29, 1.82) is 0 Å². The third-order valence-corrected chi connectivity index (χ3v) is 3.63. The first-order valence-electron chi connectivity index (χ1n) is 6.13. The van der Waals surface area contributed by atoms with E-state index in [-0.39, 0.29) is 5.56 Å². The lowest BCUT2D eigenvalue weighted by atomic mass is 10.1. The maximum Gasteiger partial charge on any atom is 0.258 e. The summed E-state index contributed by atoms with van der Waals surface area (Å²) in [4.78, 5) is 12.2. The SMILES string of the molecule is COc1ccc(Br)c(NC(=O)c2cc(N)cc(C)c2F)c1. The number of carbonyl (C=O) groups excluding carboxylic acids is 1. The van der Waals surface area contributed by atoms with E-state index in [0.717, 1.165) is 0 Å². The number of carbonyl (C=O) groups is 1. The van der Waals surface area contributed by atoms with Gasteiger partial charge in [-0.2, -0.15) is 0 Å². The molecule has 110 valence electrons. The number of nitrogen functional groups attached to an aromatic ring is 1. The van der Waals surface area contributed by atoms with Crippen molar-refractivity contribution in [3.05, 3.63) is 51.7 Å². The fraction of sp³-hybridized carbons (Fsp3) is 0.133. The van der Waals surface area contributed by atoms with E-state index in [0.29, 0.717) is 27.2 Å². The first kappa shape index (κ1) is 15.3. The van der Waals surface area contributed by atoms with E-state index in [1.165, 1.54) is 19.2 Å². The number of halogens is 2. The molecule has 0 atom stereocenters. The molecule has 0 bridgehead atoms. The summed E-state index contributed by atoms with van der Waals surface area (Å²) in [7, 11) is 1.52. The first-order valence-corrected chi connectivity index (χ1v) is 6.92. The van der Waals surface area contributed by atoms with Gasteiger partial charge in [0.1, 0.15) is 11.6 Å². The lowest BCUT2D eigenvalue weighted by molar-refractivity contribution is 0.102. The fourth-order valence-corrected chi connectivity index (χ4v) is 2.23. The van der Waals surface area contributed by atoms with Gasteiger partial charge in [0.05, 0.1) is 18.4 Å². The van der Waals surface area contributed by atoms with Crippen LogP contribution in [0.3, 0.4) is 0 Å². The van der Waals surface area contributed by atoms with Crippen LogP contribution in [0.25, 0.3) is 0 Å². The molecule has 0 aliphatic heterocycles. The van der Waals surface area contributed by atoms with E-state index in [1.54, 1.807) is 25.1 Å². The standard InChI is InChI=1S/C15H14BrFN2O2/c1-8-5-9(18)6-11(14(8)17)15(20)19-13-7-10(21-2)3-4-12(13)16/h3-7H,18H2,1-2H3,(H,19,20). The minimum absolute atomic E-state index is 0.0952. The Bertz CT molecular complexity index is 704. The predicted molar refractivity (Wildman–Crippen MR) is 84.2 cm³/mol. The molecular formula is C15H14BrFN2O2. The third kappa shape index (κ3) is 3.33. The van der Waals surface area contributed by atoms with Crippen LogP contribution in [0.4, 0.5) is 15.8 Å². The van der Waals surface area contributed by atoms with Crippen molar-refractivity contribution >= 4 is 33.2 Å². The van der Waals surface area contributed by atoms with Crippen molar-refractivity contribution in [2.45, 2.75) is 6.92 Å². The molecule has 2 aromatic rings. The zero-order chi connectivity index (χ0) is 15.6. The normalized spacial score (nSPS) is 10.3. The van der Waals surface area contributed by atoms with Crippen LogP contribution in [0.5, 0.6) is 5.75 Å². The number of ether oxygens (including phenoxy) is 1. The summed E-state index contributed by atoms with van der Waals surface area (Å²) >= 11 is 3.32. The van der Waals surface area contributed by atoms with Crippen molar-refractivity contribution in [1.82, 2.24) is 0 Å². The minimum atomic E-state index is -0.583. The Labute approximate surface area is 130 Å². The second-order valence-corrected chi connectivity index (χ2v) is 5.35. The number of nitrogens with two attached hydrogens (primary N) is 1. The molecule has 4 nitrogen and oxygen atoms in total. The average molecular weight is 353 g/mol. The second kappa shape index (κ2) is 6.13. The monoisotopic (exact) mass is 352 g/mol. The molecule has 0 heterocycles. The average Bonchev–Trinajstić information content (AvgIpc) is 2.45. The Kier molecular flexibility index (Phi) is 4.47. The van der Waals surface area contributed by atoms with Gasteiger partial charge in [0, 0.05) is 16.2 Å². The number of benzene rings is 2. The summed E-state index contributed by atoms with van der Waals surface area (Å²) in [6, 6.07) is 7.90. The Morgan fingerprint density at radius 2 is 2.05 bits per heavy atom. The maximum absolute atomic E-state index is 14.0. The highest BCUT2D eigenvalue weighted by Gasteiger charge is 2.16. The molecule has 2 aromatic carbocycles. The summed E-state index contributed by atoms with van der Waals surface area (Å²) in [5.41, 5.74) is 6.71. The molecule has 0 aromatic heterocycles. The van der Waals surface area contributed by atoms with Crippen molar-refractivity contribution in [3.8, 4) is 5.75 Å². The molecule has 0 radical (unpaired) electrons. The van der Waals surface area contributed by atoms with Gasteiger partial charge >= 0.3 is 0 Å². The Morgan fingerprint density at radius 1 is 1.33 bits per heavy atom. The summed E-state index contributed by atoms with van der Waals surface area (Å²) < 4.78 is 19.8. The molecule has 6 heteroatoms. The molecule has 0 aliphatic carbocycles. The zero-order valence-electron chi connectivity index (χ0n) is 11.5. The lowest BCUT2D eigenvalue weighted by Crippen LogP contribution is -2.15. The van der Waals surface area contributed by atoms with E-state index < -0.39 is 11.7 Å². The molecule has 0 fully saturated rings. The molecule has 0 saturated carbocycles. The number of hydrogen-bond acceptors (Lipinski definition) is 3. The molecule has 3 N–H and O–H groups in total. The number of anilines is 2. The number of aryl methyl sites for hydroxylation is 1. The highest BCUT2D eigenvalue weighted by molar-refractivity contribution is 9.10. The van der Waals surface area contributed by atoms with Crippen LogP contribution in [0.2, 0.25) is 0 Å². The van der Waals surface area contributed by atoms with Crippen molar-refractivity contribution < 1.29 is 13.9 Å². The zero-order valence-corrected chi connectivity index (χ0v) is 13.1. The molecule has 1 amide bonds. The van der Waals surface area contributed by atoms with Crippen molar-refractivity contribution in [3.63, 3.8) is 0 Å². The van der Waals surface area contributed by atoms with Gasteiger partial charge in [-0.15, -0.1) is 0 Å². The van der Waals surface area contributed by atoms with Crippen LogP contribution < -0.4 is 15.8 Å². The molecule has 0 spiro atoms. The largest absolute Gasteiger partial charge is 0.497 e. The van der Waals surface area contributed by atoms with E-state index in [2.05, 4.69) is 21.2 Å². The first-order chi connectivity index (χ1) is 9.92. The van der Waals surface area contributed by atoms with Gasteiger partial charge in [-0.1, -0.05) is 0 Å². The number of amides is 1. The summed E-state index contributed by atoms with van der Waals surface area (Å²) in [5.74, 6) is -0.574. The van der Waals surface area contributed by atoms with Crippen LogP contribution in [-0.4, -0.2) is 13.0 Å². The Balaban J connectivity index is 2.34. The number of rotatable bonds is 3. The van der Waals surface area contributed by atoms with Gasteiger partial charge in [0.15, 0.2) is 0 Å². The summed E-state index contributed by atoms with van der Waals surface area (Å²) in [5, 5.41) is 2.64. The Hall–Kier alpha value is -2.08. The number of hydrogen-bond donors (Lipinski definition) is 2. The van der Waals surface area contributed by atoms with Crippen LogP contribution in [0, 0.1) is 12.7 Å².